The van der Waals surface area contributed by atoms with E-state index in [0.717, 1.165) is 43.1 Å². The van der Waals surface area contributed by atoms with E-state index >= 15 is 0 Å². The Morgan fingerprint density at radius 2 is 1.96 bits per heavy atom. The van der Waals surface area contributed by atoms with Gasteiger partial charge in [0, 0.05) is 25.1 Å². The first-order chi connectivity index (χ1) is 12.8. The van der Waals surface area contributed by atoms with E-state index in [1.54, 1.807) is 17.2 Å². The van der Waals surface area contributed by atoms with Crippen LogP contribution in [0.15, 0.2) is 30.9 Å². The molecule has 0 N–H and O–H groups in total. The largest absolute Gasteiger partial charge is 0.477 e. The molecule has 26 heavy (non-hydrogen) atoms. The molecular formula is C18H21N7O. The van der Waals surface area contributed by atoms with Crippen molar-refractivity contribution >= 4 is 11.5 Å². The second-order valence-electron chi connectivity index (χ2n) is 7.12. The molecule has 0 unspecified atom stereocenters. The Bertz CT molecular complexity index is 899. The lowest BCUT2D eigenvalue weighted by Gasteiger charge is -2.32. The highest BCUT2D eigenvalue weighted by Crippen LogP contribution is 2.39. The summed E-state index contributed by atoms with van der Waals surface area (Å²) < 4.78 is 7.67. The van der Waals surface area contributed by atoms with E-state index in [1.165, 1.54) is 12.8 Å². The quantitative estimate of drug-likeness (QED) is 0.696. The third kappa shape index (κ3) is 3.18. The van der Waals surface area contributed by atoms with E-state index in [0.29, 0.717) is 24.3 Å². The van der Waals surface area contributed by atoms with Crippen LogP contribution in [0.4, 0.5) is 5.82 Å². The van der Waals surface area contributed by atoms with Gasteiger partial charge in [-0.1, -0.05) is 0 Å². The summed E-state index contributed by atoms with van der Waals surface area (Å²) >= 11 is 0. The summed E-state index contributed by atoms with van der Waals surface area (Å²) in [7, 11) is 0. The van der Waals surface area contributed by atoms with Crippen molar-refractivity contribution in [1.82, 2.24) is 29.8 Å². The number of hydrogen-bond acceptors (Lipinski definition) is 7. The molecule has 0 amide bonds. The van der Waals surface area contributed by atoms with Gasteiger partial charge < -0.3 is 9.64 Å². The van der Waals surface area contributed by atoms with Crippen molar-refractivity contribution in [3.05, 3.63) is 36.5 Å². The molecule has 1 aliphatic carbocycles. The molecule has 5 rings (SSSR count). The van der Waals surface area contributed by atoms with E-state index in [4.69, 9.17) is 4.74 Å². The number of rotatable bonds is 5. The molecule has 0 radical (unpaired) electrons. The molecule has 0 bridgehead atoms. The Balaban J connectivity index is 1.16. The van der Waals surface area contributed by atoms with Crippen LogP contribution >= 0.6 is 0 Å². The van der Waals surface area contributed by atoms with Crippen molar-refractivity contribution in [3.8, 4) is 5.88 Å². The highest BCUT2D eigenvalue weighted by Gasteiger charge is 2.26. The van der Waals surface area contributed by atoms with Crippen LogP contribution in [0.5, 0.6) is 5.88 Å². The van der Waals surface area contributed by atoms with Crippen molar-refractivity contribution in [2.45, 2.75) is 31.6 Å². The Morgan fingerprint density at radius 3 is 2.81 bits per heavy atom. The maximum absolute atomic E-state index is 5.95. The number of nitrogens with zero attached hydrogens (tertiary/aromatic N) is 7. The van der Waals surface area contributed by atoms with Crippen molar-refractivity contribution in [2.75, 3.05) is 24.6 Å². The standard InChI is InChI=1S/C18H21N7O/c1-2-14(1)15-9-18(20-11-19-15)26-10-13-5-7-24(8-6-13)17-4-3-16-22-21-12-25(16)23-17/h3-4,9,11-14H,1-2,5-8,10H2. The van der Waals surface area contributed by atoms with E-state index in [9.17, 15) is 0 Å². The highest BCUT2D eigenvalue weighted by atomic mass is 16.5. The number of ether oxygens (including phenoxy) is 1. The zero-order chi connectivity index (χ0) is 17.3. The predicted molar refractivity (Wildman–Crippen MR) is 95.2 cm³/mol. The second-order valence-corrected chi connectivity index (χ2v) is 7.12. The van der Waals surface area contributed by atoms with Crippen LogP contribution in [-0.4, -0.2) is 49.5 Å². The van der Waals surface area contributed by atoms with Gasteiger partial charge in [0.25, 0.3) is 0 Å². The number of aromatic nitrogens is 6. The van der Waals surface area contributed by atoms with Crippen molar-refractivity contribution in [3.63, 3.8) is 0 Å². The topological polar surface area (TPSA) is 81.3 Å². The van der Waals surface area contributed by atoms with E-state index < -0.39 is 0 Å². The van der Waals surface area contributed by atoms with Crippen LogP contribution in [0.1, 0.15) is 37.3 Å². The minimum atomic E-state index is 0.546. The first kappa shape index (κ1) is 15.5. The normalized spacial score (nSPS) is 18.4. The molecule has 1 aliphatic heterocycles. The van der Waals surface area contributed by atoms with Crippen molar-refractivity contribution < 1.29 is 4.74 Å². The molecule has 2 aliphatic rings. The summed E-state index contributed by atoms with van der Waals surface area (Å²) in [6, 6.07) is 5.98. The number of anilines is 1. The molecule has 134 valence electrons. The van der Waals surface area contributed by atoms with Gasteiger partial charge in [-0.2, -0.15) is 4.52 Å². The molecule has 0 atom stereocenters. The summed E-state index contributed by atoms with van der Waals surface area (Å²) in [6.45, 7) is 2.67. The predicted octanol–water partition coefficient (Wildman–Crippen LogP) is 2.09. The minimum Gasteiger partial charge on any atom is -0.477 e. The zero-order valence-corrected chi connectivity index (χ0v) is 14.5. The number of fused-ring (bicyclic) bond motifs is 1. The Kier molecular flexibility index (Phi) is 3.88. The number of piperidine rings is 1. The summed E-state index contributed by atoms with van der Waals surface area (Å²) in [5, 5.41) is 12.5. The molecular weight excluding hydrogens is 330 g/mol. The van der Waals surface area contributed by atoms with E-state index in [1.807, 2.05) is 18.2 Å². The fraction of sp³-hybridized carbons (Fsp3) is 0.500. The first-order valence-corrected chi connectivity index (χ1v) is 9.22. The fourth-order valence-corrected chi connectivity index (χ4v) is 3.45. The van der Waals surface area contributed by atoms with Gasteiger partial charge in [-0.3, -0.25) is 0 Å². The summed E-state index contributed by atoms with van der Waals surface area (Å²) in [4.78, 5) is 10.9. The van der Waals surface area contributed by atoms with E-state index in [2.05, 4.69) is 30.2 Å². The maximum Gasteiger partial charge on any atom is 0.216 e. The summed E-state index contributed by atoms with van der Waals surface area (Å²) in [5.74, 6) is 2.86. The summed E-state index contributed by atoms with van der Waals surface area (Å²) in [6.07, 6.45) is 7.91. The SMILES string of the molecule is c1nc(OCC2CCN(c3ccc4nncn4n3)CC2)cc(C2CC2)n1. The van der Waals surface area contributed by atoms with Crippen LogP contribution in [-0.2, 0) is 0 Å². The van der Waals surface area contributed by atoms with Crippen LogP contribution < -0.4 is 9.64 Å². The van der Waals surface area contributed by atoms with Crippen molar-refractivity contribution in [1.29, 1.82) is 0 Å². The lowest BCUT2D eigenvalue weighted by atomic mass is 9.98. The molecule has 0 spiro atoms. The van der Waals surface area contributed by atoms with Gasteiger partial charge in [0.1, 0.15) is 18.5 Å². The fourth-order valence-electron chi connectivity index (χ4n) is 3.45. The second kappa shape index (κ2) is 6.51. The Labute approximate surface area is 151 Å². The Morgan fingerprint density at radius 1 is 1.08 bits per heavy atom. The number of hydrogen-bond donors (Lipinski definition) is 0. The summed E-state index contributed by atoms with van der Waals surface area (Å²) in [5.41, 5.74) is 1.90. The molecule has 8 nitrogen and oxygen atoms in total. The van der Waals surface area contributed by atoms with Gasteiger partial charge in [-0.15, -0.1) is 15.3 Å². The maximum atomic E-state index is 5.95. The molecule has 8 heteroatoms. The highest BCUT2D eigenvalue weighted by molar-refractivity contribution is 5.45. The smallest absolute Gasteiger partial charge is 0.216 e. The average molecular weight is 351 g/mol. The molecule has 3 aromatic heterocycles. The van der Waals surface area contributed by atoms with Gasteiger partial charge in [0.05, 0.1) is 12.3 Å². The van der Waals surface area contributed by atoms with Gasteiger partial charge in [0.15, 0.2) is 5.65 Å². The zero-order valence-electron chi connectivity index (χ0n) is 14.5. The third-order valence-electron chi connectivity index (χ3n) is 5.21. The van der Waals surface area contributed by atoms with Crippen LogP contribution in [0, 0.1) is 5.92 Å². The van der Waals surface area contributed by atoms with Gasteiger partial charge >= 0.3 is 0 Å². The molecule has 3 aromatic rings. The first-order valence-electron chi connectivity index (χ1n) is 9.22. The minimum absolute atomic E-state index is 0.546. The third-order valence-corrected chi connectivity index (χ3v) is 5.21. The van der Waals surface area contributed by atoms with Crippen LogP contribution in [0.3, 0.4) is 0 Å². The molecule has 4 heterocycles. The molecule has 2 fully saturated rings. The van der Waals surface area contributed by atoms with Gasteiger partial charge in [0.2, 0.25) is 5.88 Å². The van der Waals surface area contributed by atoms with Crippen LogP contribution in [0.25, 0.3) is 5.65 Å². The van der Waals surface area contributed by atoms with Crippen molar-refractivity contribution in [2.24, 2.45) is 5.92 Å². The molecule has 1 saturated carbocycles. The average Bonchev–Trinajstić information content (AvgIpc) is 3.44. The monoisotopic (exact) mass is 351 g/mol. The van der Waals surface area contributed by atoms with Gasteiger partial charge in [-0.25, -0.2) is 9.97 Å². The van der Waals surface area contributed by atoms with Crippen LogP contribution in [0.2, 0.25) is 0 Å². The van der Waals surface area contributed by atoms with E-state index in [-0.39, 0.29) is 0 Å². The molecule has 0 aromatic carbocycles. The Hall–Kier alpha value is -2.77. The van der Waals surface area contributed by atoms with Gasteiger partial charge in [-0.05, 0) is 43.7 Å². The lowest BCUT2D eigenvalue weighted by molar-refractivity contribution is 0.215. The lowest BCUT2D eigenvalue weighted by Crippen LogP contribution is -2.36. The molecule has 1 saturated heterocycles.